The fraction of sp³-hybridized carbons (Fsp3) is 0.786. The van der Waals surface area contributed by atoms with Gasteiger partial charge in [-0.1, -0.05) is 6.92 Å². The monoisotopic (exact) mass is 284 g/mol. The van der Waals surface area contributed by atoms with Crippen LogP contribution >= 0.6 is 0 Å². The Labute approximate surface area is 119 Å². The molecule has 0 aromatic heterocycles. The Kier molecular flexibility index (Phi) is 6.48. The van der Waals surface area contributed by atoms with Gasteiger partial charge in [0.2, 0.25) is 11.8 Å². The number of hydrogen-bond acceptors (Lipinski definition) is 3. The van der Waals surface area contributed by atoms with Gasteiger partial charge in [-0.2, -0.15) is 0 Å². The molecule has 114 valence electrons. The second kappa shape index (κ2) is 7.87. The Morgan fingerprint density at radius 2 is 1.70 bits per heavy atom. The van der Waals surface area contributed by atoms with Gasteiger partial charge in [0, 0.05) is 19.5 Å². The number of hydrogen-bond donors (Lipinski definition) is 2. The number of nitrogens with one attached hydrogen (secondary N) is 1. The topological polar surface area (TPSA) is 86.7 Å². The first-order valence-electron chi connectivity index (χ1n) is 7.20. The molecule has 0 aliphatic heterocycles. The van der Waals surface area contributed by atoms with E-state index in [0.29, 0.717) is 32.2 Å². The summed E-state index contributed by atoms with van der Waals surface area (Å²) >= 11 is 0. The minimum absolute atomic E-state index is 0.0551. The molecule has 0 spiro atoms. The molecule has 1 aliphatic rings. The maximum atomic E-state index is 12.2. The van der Waals surface area contributed by atoms with Gasteiger partial charge in [0.15, 0.2) is 0 Å². The molecule has 1 aliphatic carbocycles. The van der Waals surface area contributed by atoms with Gasteiger partial charge in [-0.25, -0.2) is 0 Å². The molecule has 2 N–H and O–H groups in total. The summed E-state index contributed by atoms with van der Waals surface area (Å²) in [6, 6.07) is 0. The van der Waals surface area contributed by atoms with Crippen LogP contribution in [0.3, 0.4) is 0 Å². The van der Waals surface area contributed by atoms with E-state index in [1.807, 2.05) is 6.92 Å². The third kappa shape index (κ3) is 4.83. The number of aliphatic carboxylic acids is 1. The van der Waals surface area contributed by atoms with Crippen molar-refractivity contribution in [2.75, 3.05) is 20.1 Å². The molecule has 1 saturated carbocycles. The Balaban J connectivity index is 2.38. The largest absolute Gasteiger partial charge is 0.481 e. The van der Waals surface area contributed by atoms with E-state index < -0.39 is 5.97 Å². The number of carbonyl (C=O) groups is 3. The summed E-state index contributed by atoms with van der Waals surface area (Å²) in [6.07, 6.45) is 3.14. The number of carbonyl (C=O) groups excluding carboxylic acids is 2. The number of carboxylic acid groups (broad SMARTS) is 1. The highest BCUT2D eigenvalue weighted by atomic mass is 16.4. The van der Waals surface area contributed by atoms with Gasteiger partial charge in [0.25, 0.3) is 0 Å². The predicted molar refractivity (Wildman–Crippen MR) is 74.0 cm³/mol. The van der Waals surface area contributed by atoms with Gasteiger partial charge in [-0.15, -0.1) is 0 Å². The van der Waals surface area contributed by atoms with Crippen LogP contribution in [0.1, 0.15) is 39.0 Å². The van der Waals surface area contributed by atoms with Crippen LogP contribution in [0.25, 0.3) is 0 Å². The lowest BCUT2D eigenvalue weighted by Crippen LogP contribution is -2.42. The van der Waals surface area contributed by atoms with Crippen molar-refractivity contribution in [2.24, 2.45) is 11.8 Å². The van der Waals surface area contributed by atoms with Gasteiger partial charge in [-0.05, 0) is 32.1 Å². The quantitative estimate of drug-likeness (QED) is 0.757. The lowest BCUT2D eigenvalue weighted by Gasteiger charge is -2.28. The first-order valence-corrected chi connectivity index (χ1v) is 7.20. The predicted octanol–water partition coefficient (Wildman–Crippen LogP) is 0.862. The lowest BCUT2D eigenvalue weighted by molar-refractivity contribution is -0.145. The van der Waals surface area contributed by atoms with Crippen molar-refractivity contribution >= 4 is 17.8 Å². The molecule has 6 nitrogen and oxygen atoms in total. The Bertz CT molecular complexity index is 362. The van der Waals surface area contributed by atoms with E-state index in [1.54, 1.807) is 7.05 Å². The maximum absolute atomic E-state index is 12.2. The molecule has 6 heteroatoms. The molecule has 1 fully saturated rings. The standard InChI is InChI=1S/C14H24N2O4/c1-3-8-15-12(17)9-16(2)13(18)10-4-6-11(7-5-10)14(19)20/h10-11H,3-9H2,1-2H3,(H,15,17)(H,19,20). The van der Waals surface area contributed by atoms with Gasteiger partial charge >= 0.3 is 5.97 Å². The fourth-order valence-corrected chi connectivity index (χ4v) is 2.51. The average Bonchev–Trinajstić information content (AvgIpc) is 2.44. The smallest absolute Gasteiger partial charge is 0.306 e. The summed E-state index contributed by atoms with van der Waals surface area (Å²) in [5.41, 5.74) is 0. The van der Waals surface area contributed by atoms with E-state index in [0.717, 1.165) is 6.42 Å². The van der Waals surface area contributed by atoms with E-state index >= 15 is 0 Å². The van der Waals surface area contributed by atoms with E-state index in [4.69, 9.17) is 5.11 Å². The van der Waals surface area contributed by atoms with Crippen molar-refractivity contribution in [2.45, 2.75) is 39.0 Å². The zero-order valence-electron chi connectivity index (χ0n) is 12.2. The van der Waals surface area contributed by atoms with E-state index in [1.165, 1.54) is 4.90 Å². The van der Waals surface area contributed by atoms with Crippen molar-refractivity contribution in [1.82, 2.24) is 10.2 Å². The molecule has 20 heavy (non-hydrogen) atoms. The molecule has 0 bridgehead atoms. The molecule has 0 radical (unpaired) electrons. The Morgan fingerprint density at radius 1 is 1.15 bits per heavy atom. The number of amides is 2. The van der Waals surface area contributed by atoms with E-state index in [2.05, 4.69) is 5.32 Å². The fourth-order valence-electron chi connectivity index (χ4n) is 2.51. The first-order chi connectivity index (χ1) is 9.45. The minimum Gasteiger partial charge on any atom is -0.481 e. The molecular formula is C14H24N2O4. The summed E-state index contributed by atoms with van der Waals surface area (Å²) in [5.74, 6) is -1.45. The summed E-state index contributed by atoms with van der Waals surface area (Å²) in [7, 11) is 1.62. The van der Waals surface area contributed by atoms with Crippen LogP contribution in [0.4, 0.5) is 0 Å². The molecule has 0 unspecified atom stereocenters. The van der Waals surface area contributed by atoms with Crippen LogP contribution in [0.2, 0.25) is 0 Å². The number of nitrogens with zero attached hydrogens (tertiary/aromatic N) is 1. The van der Waals surface area contributed by atoms with E-state index in [9.17, 15) is 14.4 Å². The molecule has 2 amide bonds. The van der Waals surface area contributed by atoms with Crippen LogP contribution in [-0.4, -0.2) is 47.9 Å². The molecular weight excluding hydrogens is 260 g/mol. The summed E-state index contributed by atoms with van der Waals surface area (Å²) in [5, 5.41) is 11.7. The Morgan fingerprint density at radius 3 is 2.20 bits per heavy atom. The van der Waals surface area contributed by atoms with Crippen molar-refractivity contribution in [3.05, 3.63) is 0 Å². The summed E-state index contributed by atoms with van der Waals surface area (Å²) < 4.78 is 0. The zero-order valence-corrected chi connectivity index (χ0v) is 12.2. The highest BCUT2D eigenvalue weighted by molar-refractivity contribution is 5.85. The van der Waals surface area contributed by atoms with Crippen molar-refractivity contribution in [1.29, 1.82) is 0 Å². The first kappa shape index (κ1) is 16.5. The zero-order chi connectivity index (χ0) is 15.1. The minimum atomic E-state index is -0.775. The summed E-state index contributed by atoms with van der Waals surface area (Å²) in [6.45, 7) is 2.65. The lowest BCUT2D eigenvalue weighted by atomic mass is 9.81. The van der Waals surface area contributed by atoms with Crippen molar-refractivity contribution in [3.8, 4) is 0 Å². The van der Waals surface area contributed by atoms with Gasteiger partial charge in [0.05, 0.1) is 12.5 Å². The number of carboxylic acids is 1. The molecule has 0 atom stereocenters. The molecule has 1 rings (SSSR count). The highest BCUT2D eigenvalue weighted by Gasteiger charge is 2.31. The van der Waals surface area contributed by atoms with Crippen LogP contribution in [0.5, 0.6) is 0 Å². The normalized spacial score (nSPS) is 22.1. The molecule has 0 aromatic carbocycles. The van der Waals surface area contributed by atoms with Gasteiger partial charge in [0.1, 0.15) is 0 Å². The molecule has 0 heterocycles. The number of rotatable bonds is 6. The van der Waals surface area contributed by atoms with Crippen LogP contribution < -0.4 is 5.32 Å². The van der Waals surface area contributed by atoms with Gasteiger partial charge < -0.3 is 15.3 Å². The van der Waals surface area contributed by atoms with Crippen LogP contribution in [0, 0.1) is 11.8 Å². The van der Waals surface area contributed by atoms with Gasteiger partial charge in [-0.3, -0.25) is 14.4 Å². The second-order valence-electron chi connectivity index (χ2n) is 5.43. The molecule has 0 aromatic rings. The Hall–Kier alpha value is -1.59. The van der Waals surface area contributed by atoms with Crippen molar-refractivity contribution in [3.63, 3.8) is 0 Å². The third-order valence-electron chi connectivity index (χ3n) is 3.75. The van der Waals surface area contributed by atoms with Crippen LogP contribution in [-0.2, 0) is 14.4 Å². The maximum Gasteiger partial charge on any atom is 0.306 e. The SMILES string of the molecule is CCCNC(=O)CN(C)C(=O)C1CCC(C(=O)O)CC1. The highest BCUT2D eigenvalue weighted by Crippen LogP contribution is 2.29. The number of likely N-dealkylation sites (N-methyl/N-ethyl adjacent to an activating group) is 1. The van der Waals surface area contributed by atoms with Crippen LogP contribution in [0.15, 0.2) is 0 Å². The second-order valence-corrected chi connectivity index (χ2v) is 5.43. The van der Waals surface area contributed by atoms with Crippen molar-refractivity contribution < 1.29 is 19.5 Å². The summed E-state index contributed by atoms with van der Waals surface area (Å²) in [4.78, 5) is 36.0. The van der Waals surface area contributed by atoms with E-state index in [-0.39, 0.29) is 30.2 Å². The average molecular weight is 284 g/mol. The molecule has 0 saturated heterocycles. The third-order valence-corrected chi connectivity index (χ3v) is 3.75.